The van der Waals surface area contributed by atoms with Crippen LogP contribution in [0.3, 0.4) is 0 Å². The van der Waals surface area contributed by atoms with E-state index < -0.39 is 17.5 Å². The number of carbonyl (C=O) groups excluding carboxylic acids is 1. The van der Waals surface area contributed by atoms with E-state index in [1.54, 1.807) is 4.90 Å². The van der Waals surface area contributed by atoms with Crippen LogP contribution in [0.5, 0.6) is 0 Å². The Morgan fingerprint density at radius 3 is 2.39 bits per heavy atom. The van der Waals surface area contributed by atoms with Crippen LogP contribution in [-0.4, -0.2) is 23.9 Å². The predicted octanol–water partition coefficient (Wildman–Crippen LogP) is 8.13. The van der Waals surface area contributed by atoms with Crippen molar-refractivity contribution in [3.05, 3.63) is 81.3 Å². The summed E-state index contributed by atoms with van der Waals surface area (Å²) in [7, 11) is 0. The van der Waals surface area contributed by atoms with Crippen LogP contribution in [-0.2, 0) is 0 Å². The van der Waals surface area contributed by atoms with Gasteiger partial charge in [0.25, 0.3) is 5.91 Å². The van der Waals surface area contributed by atoms with Gasteiger partial charge >= 0.3 is 0 Å². The van der Waals surface area contributed by atoms with Gasteiger partial charge in [-0.1, -0.05) is 56.1 Å². The number of hydrogen-bond donors (Lipinski definition) is 0. The minimum atomic E-state index is -0.795. The molecule has 0 aliphatic carbocycles. The molecule has 0 bridgehead atoms. The summed E-state index contributed by atoms with van der Waals surface area (Å²) in [5.74, 6) is -2.33. The van der Waals surface area contributed by atoms with E-state index in [4.69, 9.17) is 23.2 Å². The van der Waals surface area contributed by atoms with Gasteiger partial charge in [-0.3, -0.25) is 4.79 Å². The molecule has 4 rings (SSSR count). The standard InChI is InChI=1S/C30H25Cl2F2N3O/c1-30(2,3)12-18-15-37(16-19(18)14-36)29(38)23-9-7-17(13-35)26(21-10-8-20(31)11-25(21)33)27(23)22-5-4-6-24(32)28(22)34/h4-11,18-19H,12,15-16H2,1-3H3. The molecule has 3 aromatic rings. The highest BCUT2D eigenvalue weighted by molar-refractivity contribution is 6.31. The summed E-state index contributed by atoms with van der Waals surface area (Å²) in [6.07, 6.45) is 0.749. The van der Waals surface area contributed by atoms with E-state index in [-0.39, 0.29) is 67.2 Å². The van der Waals surface area contributed by atoms with Crippen LogP contribution in [0.2, 0.25) is 10.0 Å². The fourth-order valence-electron chi connectivity index (χ4n) is 5.17. The van der Waals surface area contributed by atoms with E-state index >= 15 is 8.78 Å². The van der Waals surface area contributed by atoms with Crippen molar-refractivity contribution in [1.82, 2.24) is 4.90 Å². The van der Waals surface area contributed by atoms with E-state index in [0.717, 1.165) is 12.5 Å². The molecule has 1 aliphatic heterocycles. The number of nitrogens with zero attached hydrogens (tertiary/aromatic N) is 3. The van der Waals surface area contributed by atoms with Gasteiger partial charge in [0.05, 0.1) is 28.6 Å². The van der Waals surface area contributed by atoms with E-state index in [0.29, 0.717) is 6.54 Å². The van der Waals surface area contributed by atoms with Gasteiger partial charge < -0.3 is 4.90 Å². The predicted molar refractivity (Wildman–Crippen MR) is 145 cm³/mol. The summed E-state index contributed by atoms with van der Waals surface area (Å²) in [6.45, 7) is 6.83. The molecule has 0 spiro atoms. The second-order valence-corrected chi connectivity index (χ2v) is 11.6. The molecular formula is C30H25Cl2F2N3O. The quantitative estimate of drug-likeness (QED) is 0.328. The van der Waals surface area contributed by atoms with Crippen molar-refractivity contribution in [3.8, 4) is 34.4 Å². The summed E-state index contributed by atoms with van der Waals surface area (Å²) >= 11 is 12.1. The van der Waals surface area contributed by atoms with Crippen LogP contribution in [0.1, 0.15) is 43.1 Å². The molecular weight excluding hydrogens is 527 g/mol. The number of nitriles is 2. The second kappa shape index (κ2) is 10.7. The van der Waals surface area contributed by atoms with Crippen LogP contribution in [0, 0.1) is 51.5 Å². The summed E-state index contributed by atoms with van der Waals surface area (Å²) in [5.41, 5.74) is 0.184. The van der Waals surface area contributed by atoms with Gasteiger partial charge in [-0.15, -0.1) is 0 Å². The normalized spacial score (nSPS) is 17.2. The Morgan fingerprint density at radius 1 is 1.03 bits per heavy atom. The number of carbonyl (C=O) groups is 1. The maximum atomic E-state index is 15.5. The first-order valence-corrected chi connectivity index (χ1v) is 12.9. The Hall–Kier alpha value is -3.45. The van der Waals surface area contributed by atoms with E-state index in [1.165, 1.54) is 42.5 Å². The number of likely N-dealkylation sites (tertiary alicyclic amines) is 1. The fourth-order valence-corrected chi connectivity index (χ4v) is 5.50. The van der Waals surface area contributed by atoms with Crippen molar-refractivity contribution in [2.75, 3.05) is 13.1 Å². The van der Waals surface area contributed by atoms with E-state index in [2.05, 4.69) is 26.8 Å². The van der Waals surface area contributed by atoms with Gasteiger partial charge in [0.2, 0.25) is 0 Å². The molecule has 3 aromatic carbocycles. The first-order chi connectivity index (χ1) is 17.9. The van der Waals surface area contributed by atoms with Crippen LogP contribution in [0.4, 0.5) is 8.78 Å². The van der Waals surface area contributed by atoms with Crippen LogP contribution in [0.25, 0.3) is 22.3 Å². The van der Waals surface area contributed by atoms with Gasteiger partial charge in [0.15, 0.2) is 0 Å². The third kappa shape index (κ3) is 5.39. The Labute approximate surface area is 231 Å². The van der Waals surface area contributed by atoms with Crippen molar-refractivity contribution in [2.45, 2.75) is 27.2 Å². The third-order valence-corrected chi connectivity index (χ3v) is 7.27. The average molecular weight is 552 g/mol. The van der Waals surface area contributed by atoms with E-state index in [9.17, 15) is 15.3 Å². The van der Waals surface area contributed by atoms with Crippen molar-refractivity contribution in [2.24, 2.45) is 17.3 Å². The van der Waals surface area contributed by atoms with Crippen molar-refractivity contribution < 1.29 is 13.6 Å². The molecule has 1 aliphatic rings. The fraction of sp³-hybridized carbons (Fsp3) is 0.300. The first-order valence-electron chi connectivity index (χ1n) is 12.1. The zero-order chi connectivity index (χ0) is 27.8. The topological polar surface area (TPSA) is 67.9 Å². The number of benzene rings is 3. The molecule has 0 saturated carbocycles. The monoisotopic (exact) mass is 551 g/mol. The molecule has 38 heavy (non-hydrogen) atoms. The van der Waals surface area contributed by atoms with Crippen molar-refractivity contribution in [1.29, 1.82) is 10.5 Å². The number of hydrogen-bond acceptors (Lipinski definition) is 3. The highest BCUT2D eigenvalue weighted by atomic mass is 35.5. The molecule has 4 nitrogen and oxygen atoms in total. The summed E-state index contributed by atoms with van der Waals surface area (Å²) < 4.78 is 30.7. The highest BCUT2D eigenvalue weighted by Crippen LogP contribution is 2.43. The second-order valence-electron chi connectivity index (χ2n) is 10.7. The summed E-state index contributed by atoms with van der Waals surface area (Å²) in [6, 6.07) is 15.5. The lowest BCUT2D eigenvalue weighted by Gasteiger charge is -2.25. The molecule has 1 saturated heterocycles. The molecule has 194 valence electrons. The zero-order valence-electron chi connectivity index (χ0n) is 21.2. The first kappa shape index (κ1) is 27.6. The molecule has 0 radical (unpaired) electrons. The van der Waals surface area contributed by atoms with Crippen molar-refractivity contribution >= 4 is 29.1 Å². The van der Waals surface area contributed by atoms with Gasteiger partial charge in [0, 0.05) is 45.9 Å². The van der Waals surface area contributed by atoms with Crippen LogP contribution < -0.4 is 0 Å². The number of rotatable bonds is 4. The summed E-state index contributed by atoms with van der Waals surface area (Å²) in [4.78, 5) is 15.6. The van der Waals surface area contributed by atoms with Gasteiger partial charge in [-0.05, 0) is 54.2 Å². The summed E-state index contributed by atoms with van der Waals surface area (Å²) in [5, 5.41) is 19.7. The Balaban J connectivity index is 1.95. The molecule has 0 N–H and O–H groups in total. The molecule has 0 aromatic heterocycles. The van der Waals surface area contributed by atoms with Gasteiger partial charge in [0.1, 0.15) is 11.6 Å². The largest absolute Gasteiger partial charge is 0.337 e. The molecule has 8 heteroatoms. The average Bonchev–Trinajstić information content (AvgIpc) is 3.26. The Bertz CT molecular complexity index is 1500. The molecule has 2 unspecified atom stereocenters. The Morgan fingerprint density at radius 2 is 1.76 bits per heavy atom. The lowest BCUT2D eigenvalue weighted by Crippen LogP contribution is -2.30. The lowest BCUT2D eigenvalue weighted by molar-refractivity contribution is 0.0783. The zero-order valence-corrected chi connectivity index (χ0v) is 22.7. The number of halogens is 4. The van der Waals surface area contributed by atoms with E-state index in [1.807, 2.05) is 6.07 Å². The molecule has 1 heterocycles. The maximum Gasteiger partial charge on any atom is 0.254 e. The molecule has 1 amide bonds. The van der Waals surface area contributed by atoms with Gasteiger partial charge in [-0.25, -0.2) is 8.78 Å². The number of amides is 1. The molecule has 1 fully saturated rings. The maximum absolute atomic E-state index is 15.5. The minimum Gasteiger partial charge on any atom is -0.337 e. The van der Waals surface area contributed by atoms with Crippen molar-refractivity contribution in [3.63, 3.8) is 0 Å². The smallest absolute Gasteiger partial charge is 0.254 e. The Kier molecular flexibility index (Phi) is 7.79. The van der Waals surface area contributed by atoms with Crippen LogP contribution >= 0.6 is 23.2 Å². The lowest BCUT2D eigenvalue weighted by atomic mass is 9.80. The SMILES string of the molecule is CC(C)(C)CC1CN(C(=O)c2ccc(C#N)c(-c3ccc(Cl)cc3F)c2-c2cccc(Cl)c2F)CC1C#N. The molecule has 2 atom stereocenters. The highest BCUT2D eigenvalue weighted by Gasteiger charge is 2.39. The van der Waals surface area contributed by atoms with Gasteiger partial charge in [-0.2, -0.15) is 10.5 Å². The third-order valence-electron chi connectivity index (χ3n) is 6.75. The minimum absolute atomic E-state index is 0.00286. The van der Waals surface area contributed by atoms with Crippen LogP contribution in [0.15, 0.2) is 48.5 Å².